The van der Waals surface area contributed by atoms with Crippen molar-refractivity contribution < 1.29 is 4.74 Å². The molecule has 0 atom stereocenters. The van der Waals surface area contributed by atoms with Crippen LogP contribution in [-0.4, -0.2) is 13.2 Å². The highest BCUT2D eigenvalue weighted by atomic mass is 35.5. The molecule has 3 aromatic carbocycles. The van der Waals surface area contributed by atoms with Gasteiger partial charge in [0, 0.05) is 23.7 Å². The lowest BCUT2D eigenvalue weighted by Gasteiger charge is -2.09. The largest absolute Gasteiger partial charge is 0.493 e. The van der Waals surface area contributed by atoms with E-state index in [-0.39, 0.29) is 0 Å². The second kappa shape index (κ2) is 9.88. The molecule has 0 amide bonds. The summed E-state index contributed by atoms with van der Waals surface area (Å²) in [6.45, 7) is 1.61. The molecule has 134 valence electrons. The zero-order valence-electron chi connectivity index (χ0n) is 14.8. The number of aryl methyl sites for hydroxylation is 1. The van der Waals surface area contributed by atoms with Crippen LogP contribution >= 0.6 is 11.6 Å². The molecule has 0 aliphatic carbocycles. The zero-order chi connectivity index (χ0) is 18.0. The molecule has 0 unspecified atom stereocenters. The van der Waals surface area contributed by atoms with Gasteiger partial charge in [-0.2, -0.15) is 0 Å². The van der Waals surface area contributed by atoms with E-state index in [0.29, 0.717) is 6.61 Å². The maximum absolute atomic E-state index is 6.18. The summed E-state index contributed by atoms with van der Waals surface area (Å²) in [6.07, 6.45) is 2.94. The van der Waals surface area contributed by atoms with Crippen molar-refractivity contribution in [3.63, 3.8) is 0 Å². The van der Waals surface area contributed by atoms with Crippen LogP contribution in [0.4, 0.5) is 5.69 Å². The Morgan fingerprint density at radius 1 is 0.769 bits per heavy atom. The summed E-state index contributed by atoms with van der Waals surface area (Å²) < 4.78 is 5.82. The number of nitrogens with one attached hydrogen (secondary N) is 1. The van der Waals surface area contributed by atoms with Crippen LogP contribution in [0.3, 0.4) is 0 Å². The number of ether oxygens (including phenoxy) is 1. The van der Waals surface area contributed by atoms with Gasteiger partial charge in [-0.25, -0.2) is 0 Å². The molecule has 0 fully saturated rings. The van der Waals surface area contributed by atoms with Gasteiger partial charge >= 0.3 is 0 Å². The van der Waals surface area contributed by atoms with Crippen LogP contribution in [0.2, 0.25) is 5.02 Å². The lowest BCUT2D eigenvalue weighted by atomic mass is 10.1. The summed E-state index contributed by atoms with van der Waals surface area (Å²) in [5, 5.41) is 4.30. The Bertz CT molecular complexity index is 787. The summed E-state index contributed by atoms with van der Waals surface area (Å²) in [5.41, 5.74) is 3.61. The predicted molar refractivity (Wildman–Crippen MR) is 110 cm³/mol. The van der Waals surface area contributed by atoms with Crippen molar-refractivity contribution in [3.05, 3.63) is 95.0 Å². The molecular formula is C23H24ClNO. The van der Waals surface area contributed by atoms with Crippen LogP contribution in [0.15, 0.2) is 78.9 Å². The van der Waals surface area contributed by atoms with Crippen LogP contribution in [-0.2, 0) is 12.8 Å². The van der Waals surface area contributed by atoms with Gasteiger partial charge in [-0.1, -0.05) is 60.1 Å². The molecule has 1 N–H and O–H groups in total. The molecule has 0 aliphatic rings. The maximum atomic E-state index is 6.18. The van der Waals surface area contributed by atoms with Crippen LogP contribution in [0.25, 0.3) is 0 Å². The molecule has 0 saturated heterocycles. The summed E-state index contributed by atoms with van der Waals surface area (Å²) in [4.78, 5) is 0. The maximum Gasteiger partial charge on any atom is 0.119 e. The third-order valence-corrected chi connectivity index (χ3v) is 4.64. The number of rotatable bonds is 9. The Hall–Kier alpha value is -2.45. The smallest absolute Gasteiger partial charge is 0.119 e. The van der Waals surface area contributed by atoms with Gasteiger partial charge in [0.1, 0.15) is 5.75 Å². The van der Waals surface area contributed by atoms with E-state index in [1.807, 2.05) is 36.4 Å². The number of hydrogen-bond donors (Lipinski definition) is 1. The number of benzene rings is 3. The SMILES string of the molecule is Clc1ccccc1CCCNc1ccc(OCCc2ccccc2)cc1. The lowest BCUT2D eigenvalue weighted by Crippen LogP contribution is -2.04. The van der Waals surface area contributed by atoms with Gasteiger partial charge in [-0.05, 0) is 54.3 Å². The lowest BCUT2D eigenvalue weighted by molar-refractivity contribution is 0.322. The molecule has 0 aromatic heterocycles. The molecule has 0 spiro atoms. The standard InChI is InChI=1S/C23H24ClNO/c24-23-11-5-4-9-20(23)10-6-17-25-21-12-14-22(15-13-21)26-18-16-19-7-2-1-3-8-19/h1-5,7-9,11-15,25H,6,10,16-18H2. The quantitative estimate of drug-likeness (QED) is 0.469. The first-order valence-corrected chi connectivity index (χ1v) is 9.43. The molecule has 3 rings (SSSR count). The average molecular weight is 366 g/mol. The molecule has 2 nitrogen and oxygen atoms in total. The van der Waals surface area contributed by atoms with E-state index in [1.165, 1.54) is 11.1 Å². The minimum atomic E-state index is 0.689. The van der Waals surface area contributed by atoms with Gasteiger partial charge in [-0.15, -0.1) is 0 Å². The fourth-order valence-electron chi connectivity index (χ4n) is 2.81. The first-order chi connectivity index (χ1) is 12.8. The minimum absolute atomic E-state index is 0.689. The second-order valence-corrected chi connectivity index (χ2v) is 6.64. The third kappa shape index (κ3) is 5.82. The molecular weight excluding hydrogens is 342 g/mol. The van der Waals surface area contributed by atoms with Gasteiger partial charge in [0.2, 0.25) is 0 Å². The highest BCUT2D eigenvalue weighted by molar-refractivity contribution is 6.31. The summed E-state index contributed by atoms with van der Waals surface area (Å²) >= 11 is 6.18. The van der Waals surface area contributed by atoms with Crippen molar-refractivity contribution in [1.29, 1.82) is 0 Å². The molecule has 3 heteroatoms. The van der Waals surface area contributed by atoms with E-state index < -0.39 is 0 Å². The number of halogens is 1. The highest BCUT2D eigenvalue weighted by Crippen LogP contribution is 2.18. The molecule has 0 aliphatic heterocycles. The van der Waals surface area contributed by atoms with Gasteiger partial charge in [-0.3, -0.25) is 0 Å². The van der Waals surface area contributed by atoms with E-state index in [2.05, 4.69) is 47.8 Å². The van der Waals surface area contributed by atoms with E-state index in [0.717, 1.165) is 42.3 Å². The monoisotopic (exact) mass is 365 g/mol. The summed E-state index contributed by atoms with van der Waals surface area (Å²) in [7, 11) is 0. The molecule has 0 radical (unpaired) electrons. The molecule has 0 bridgehead atoms. The second-order valence-electron chi connectivity index (χ2n) is 6.23. The van der Waals surface area contributed by atoms with Crippen LogP contribution in [0.5, 0.6) is 5.75 Å². The van der Waals surface area contributed by atoms with Crippen molar-refractivity contribution in [2.24, 2.45) is 0 Å². The van der Waals surface area contributed by atoms with Crippen LogP contribution in [0.1, 0.15) is 17.5 Å². The van der Waals surface area contributed by atoms with Crippen molar-refractivity contribution in [2.75, 3.05) is 18.5 Å². The van der Waals surface area contributed by atoms with Crippen LogP contribution < -0.4 is 10.1 Å². The first kappa shape index (κ1) is 18.3. The van der Waals surface area contributed by atoms with Crippen molar-refractivity contribution in [1.82, 2.24) is 0 Å². The minimum Gasteiger partial charge on any atom is -0.493 e. The molecule has 26 heavy (non-hydrogen) atoms. The van der Waals surface area contributed by atoms with Crippen molar-refractivity contribution >= 4 is 17.3 Å². The van der Waals surface area contributed by atoms with Crippen LogP contribution in [0, 0.1) is 0 Å². The Balaban J connectivity index is 1.37. The Morgan fingerprint density at radius 3 is 2.27 bits per heavy atom. The molecule has 3 aromatic rings. The molecule has 0 heterocycles. The first-order valence-electron chi connectivity index (χ1n) is 9.05. The van der Waals surface area contributed by atoms with Gasteiger partial charge in [0.05, 0.1) is 6.61 Å². The van der Waals surface area contributed by atoms with E-state index in [4.69, 9.17) is 16.3 Å². The van der Waals surface area contributed by atoms with E-state index >= 15 is 0 Å². The Morgan fingerprint density at radius 2 is 1.50 bits per heavy atom. The fourth-order valence-corrected chi connectivity index (χ4v) is 3.04. The Labute approximate surface area is 160 Å². The normalized spacial score (nSPS) is 10.5. The fraction of sp³-hybridized carbons (Fsp3) is 0.217. The van der Waals surface area contributed by atoms with Gasteiger partial charge in [0.25, 0.3) is 0 Å². The molecule has 0 saturated carbocycles. The highest BCUT2D eigenvalue weighted by Gasteiger charge is 2.00. The summed E-state index contributed by atoms with van der Waals surface area (Å²) in [6, 6.07) is 26.6. The Kier molecular flexibility index (Phi) is 6.97. The van der Waals surface area contributed by atoms with Gasteiger partial charge in [0.15, 0.2) is 0 Å². The number of anilines is 1. The van der Waals surface area contributed by atoms with Gasteiger partial charge < -0.3 is 10.1 Å². The van der Waals surface area contributed by atoms with E-state index in [1.54, 1.807) is 0 Å². The van der Waals surface area contributed by atoms with Crippen molar-refractivity contribution in [2.45, 2.75) is 19.3 Å². The van der Waals surface area contributed by atoms with Crippen molar-refractivity contribution in [3.8, 4) is 5.75 Å². The average Bonchev–Trinajstić information content (AvgIpc) is 2.68. The predicted octanol–water partition coefficient (Wildman–Crippen LogP) is 6.01. The summed E-state index contributed by atoms with van der Waals surface area (Å²) in [5.74, 6) is 0.905. The van der Waals surface area contributed by atoms with E-state index in [9.17, 15) is 0 Å². The number of hydrogen-bond acceptors (Lipinski definition) is 2. The topological polar surface area (TPSA) is 21.3 Å². The third-order valence-electron chi connectivity index (χ3n) is 4.27. The zero-order valence-corrected chi connectivity index (χ0v) is 15.6.